The second-order valence-electron chi connectivity index (χ2n) is 8.66. The number of hydrogen-bond donors (Lipinski definition) is 1. The summed E-state index contributed by atoms with van der Waals surface area (Å²) in [6.45, 7) is 8.16. The molecule has 2 aromatic rings. The van der Waals surface area contributed by atoms with Crippen LogP contribution < -0.4 is 15.0 Å². The Morgan fingerprint density at radius 3 is 2.42 bits per heavy atom. The van der Waals surface area contributed by atoms with E-state index in [1.807, 2.05) is 47.9 Å². The average Bonchev–Trinajstić information content (AvgIpc) is 2.76. The van der Waals surface area contributed by atoms with Gasteiger partial charge in [0.25, 0.3) is 5.91 Å². The molecule has 0 bridgehead atoms. The number of nitrogens with one attached hydrogen (secondary N) is 1. The van der Waals surface area contributed by atoms with Crippen molar-refractivity contribution in [2.45, 2.75) is 46.1 Å². The number of anilines is 2. The number of amides is 2. The minimum absolute atomic E-state index is 0.0184. The number of carbonyl (C=O) groups is 2. The van der Waals surface area contributed by atoms with E-state index in [1.54, 1.807) is 0 Å². The minimum Gasteiger partial charge on any atom is -0.477 e. The fourth-order valence-electron chi connectivity index (χ4n) is 4.63. The predicted octanol–water partition coefficient (Wildman–Crippen LogP) is 3.83. The zero-order valence-electron chi connectivity index (χ0n) is 18.6. The van der Waals surface area contributed by atoms with Crippen LogP contribution in [0.4, 0.5) is 11.4 Å². The number of benzene rings is 2. The number of hydrogen-bond acceptors (Lipinski definition) is 4. The number of carbonyl (C=O) groups excluding carboxylic acids is 2. The largest absolute Gasteiger partial charge is 0.477 e. The number of ether oxygens (including phenoxy) is 1. The van der Waals surface area contributed by atoms with Crippen LogP contribution in [0.2, 0.25) is 0 Å². The molecule has 1 fully saturated rings. The van der Waals surface area contributed by atoms with E-state index < -0.39 is 6.10 Å². The quantitative estimate of drug-likeness (QED) is 0.815. The van der Waals surface area contributed by atoms with E-state index in [4.69, 9.17) is 4.74 Å². The Kier molecular flexibility index (Phi) is 6.16. The van der Waals surface area contributed by atoms with Crippen LogP contribution in [0.25, 0.3) is 0 Å². The summed E-state index contributed by atoms with van der Waals surface area (Å²) in [7, 11) is 0. The van der Waals surface area contributed by atoms with Gasteiger partial charge in [-0.05, 0) is 63.3 Å². The molecule has 2 aliphatic heterocycles. The van der Waals surface area contributed by atoms with Crippen molar-refractivity contribution in [1.29, 1.82) is 0 Å². The van der Waals surface area contributed by atoms with Crippen molar-refractivity contribution in [3.05, 3.63) is 53.1 Å². The van der Waals surface area contributed by atoms with Gasteiger partial charge in [-0.1, -0.05) is 29.8 Å². The molecule has 0 saturated carbocycles. The normalized spacial score (nSPS) is 18.2. The second kappa shape index (κ2) is 9.00. The molecule has 1 N–H and O–H groups in total. The van der Waals surface area contributed by atoms with Crippen LogP contribution in [-0.4, -0.2) is 49.0 Å². The van der Waals surface area contributed by atoms with Gasteiger partial charge in [0, 0.05) is 18.8 Å². The molecule has 6 heteroatoms. The first-order chi connectivity index (χ1) is 14.9. The zero-order chi connectivity index (χ0) is 22.0. The summed E-state index contributed by atoms with van der Waals surface area (Å²) in [5.74, 6) is 0.570. The number of piperidine rings is 1. The monoisotopic (exact) mass is 421 g/mol. The molecule has 2 amide bonds. The maximum Gasteiger partial charge on any atom is 0.265 e. The fraction of sp³-hybridized carbons (Fsp3) is 0.440. The van der Waals surface area contributed by atoms with Crippen molar-refractivity contribution < 1.29 is 14.3 Å². The number of nitrogens with zero attached hydrogens (tertiary/aromatic N) is 2. The molecule has 1 atom stereocenters. The van der Waals surface area contributed by atoms with Gasteiger partial charge in [-0.25, -0.2) is 0 Å². The molecule has 2 aromatic carbocycles. The molecule has 6 nitrogen and oxygen atoms in total. The molecule has 0 radical (unpaired) electrons. The zero-order valence-corrected chi connectivity index (χ0v) is 18.6. The van der Waals surface area contributed by atoms with E-state index in [0.29, 0.717) is 12.3 Å². The third-order valence-corrected chi connectivity index (χ3v) is 6.08. The molecule has 1 unspecified atom stereocenters. The van der Waals surface area contributed by atoms with Crippen molar-refractivity contribution >= 4 is 23.2 Å². The summed E-state index contributed by atoms with van der Waals surface area (Å²) in [6, 6.07) is 11.8. The SMILES string of the molecule is Cc1cc(C)c(NC(=O)CN2CC(C(=O)N3CCCCC3)Oc3ccccc32)c(C)c1. The van der Waals surface area contributed by atoms with Gasteiger partial charge in [-0.2, -0.15) is 0 Å². The Morgan fingerprint density at radius 1 is 1.03 bits per heavy atom. The van der Waals surface area contributed by atoms with Crippen LogP contribution in [0.3, 0.4) is 0 Å². The lowest BCUT2D eigenvalue weighted by atomic mass is 10.1. The van der Waals surface area contributed by atoms with Crippen molar-refractivity contribution in [3.63, 3.8) is 0 Å². The molecular formula is C25H31N3O3. The highest BCUT2D eigenvalue weighted by Crippen LogP contribution is 2.33. The summed E-state index contributed by atoms with van der Waals surface area (Å²) in [5, 5.41) is 3.07. The smallest absolute Gasteiger partial charge is 0.265 e. The summed E-state index contributed by atoms with van der Waals surface area (Å²) in [4.78, 5) is 29.9. The highest BCUT2D eigenvalue weighted by atomic mass is 16.5. The van der Waals surface area contributed by atoms with E-state index in [-0.39, 0.29) is 18.4 Å². The van der Waals surface area contributed by atoms with Crippen molar-refractivity contribution in [1.82, 2.24) is 4.90 Å². The van der Waals surface area contributed by atoms with Gasteiger partial charge in [0.15, 0.2) is 6.10 Å². The summed E-state index contributed by atoms with van der Waals surface area (Å²) >= 11 is 0. The Labute approximate surface area is 184 Å². The number of para-hydroxylation sites is 2. The summed E-state index contributed by atoms with van der Waals surface area (Å²) in [5.41, 5.74) is 4.97. The first-order valence-electron chi connectivity index (χ1n) is 11.1. The Bertz CT molecular complexity index is 959. The first kappa shape index (κ1) is 21.2. The van der Waals surface area contributed by atoms with Gasteiger partial charge in [0.1, 0.15) is 5.75 Å². The van der Waals surface area contributed by atoms with Gasteiger partial charge >= 0.3 is 0 Å². The molecule has 0 aromatic heterocycles. The van der Waals surface area contributed by atoms with E-state index in [1.165, 1.54) is 12.0 Å². The molecule has 2 heterocycles. The maximum absolute atomic E-state index is 13.1. The maximum atomic E-state index is 13.1. The van der Waals surface area contributed by atoms with E-state index in [2.05, 4.69) is 24.4 Å². The van der Waals surface area contributed by atoms with Crippen molar-refractivity contribution in [2.75, 3.05) is 36.4 Å². The van der Waals surface area contributed by atoms with Gasteiger partial charge < -0.3 is 19.9 Å². The van der Waals surface area contributed by atoms with Crippen LogP contribution in [-0.2, 0) is 9.59 Å². The third kappa shape index (κ3) is 4.68. The van der Waals surface area contributed by atoms with Crippen LogP contribution in [0.1, 0.15) is 36.0 Å². The third-order valence-electron chi connectivity index (χ3n) is 6.08. The molecule has 4 rings (SSSR count). The minimum atomic E-state index is -0.594. The van der Waals surface area contributed by atoms with Gasteiger partial charge in [-0.3, -0.25) is 9.59 Å². The Morgan fingerprint density at radius 2 is 1.71 bits per heavy atom. The van der Waals surface area contributed by atoms with Crippen LogP contribution in [0.5, 0.6) is 5.75 Å². The topological polar surface area (TPSA) is 61.9 Å². The van der Waals surface area contributed by atoms with Gasteiger partial charge in [0.2, 0.25) is 5.91 Å². The van der Waals surface area contributed by atoms with Crippen LogP contribution >= 0.6 is 0 Å². The predicted molar refractivity (Wildman–Crippen MR) is 123 cm³/mol. The summed E-state index contributed by atoms with van der Waals surface area (Å²) < 4.78 is 6.06. The first-order valence-corrected chi connectivity index (χ1v) is 11.1. The Hall–Kier alpha value is -3.02. The second-order valence-corrected chi connectivity index (χ2v) is 8.66. The molecule has 0 aliphatic carbocycles. The fourth-order valence-corrected chi connectivity index (χ4v) is 4.63. The lowest BCUT2D eigenvalue weighted by molar-refractivity contribution is -0.139. The number of fused-ring (bicyclic) bond motifs is 1. The van der Waals surface area contributed by atoms with E-state index in [9.17, 15) is 9.59 Å². The van der Waals surface area contributed by atoms with Gasteiger partial charge in [0.05, 0.1) is 18.8 Å². The average molecular weight is 422 g/mol. The molecule has 2 aliphatic rings. The van der Waals surface area contributed by atoms with Crippen LogP contribution in [0, 0.1) is 20.8 Å². The lowest BCUT2D eigenvalue weighted by Gasteiger charge is -2.38. The number of aryl methyl sites for hydroxylation is 3. The van der Waals surface area contributed by atoms with E-state index >= 15 is 0 Å². The highest BCUT2D eigenvalue weighted by molar-refractivity contribution is 5.96. The molecule has 1 saturated heterocycles. The molecule has 31 heavy (non-hydrogen) atoms. The lowest BCUT2D eigenvalue weighted by Crippen LogP contribution is -2.52. The Balaban J connectivity index is 1.51. The standard InChI is InChI=1S/C25H31N3O3/c1-17-13-18(2)24(19(3)14-17)26-23(29)16-28-15-22(25(30)27-11-7-4-8-12-27)31-21-10-6-5-9-20(21)28/h5-6,9-10,13-14,22H,4,7-8,11-12,15-16H2,1-3H3,(H,26,29). The number of likely N-dealkylation sites (tertiary alicyclic amines) is 1. The van der Waals surface area contributed by atoms with Gasteiger partial charge in [-0.15, -0.1) is 0 Å². The van der Waals surface area contributed by atoms with Crippen molar-refractivity contribution in [3.8, 4) is 5.75 Å². The molecular weight excluding hydrogens is 390 g/mol. The molecule has 0 spiro atoms. The number of rotatable bonds is 4. The highest BCUT2D eigenvalue weighted by Gasteiger charge is 2.34. The molecule has 164 valence electrons. The van der Waals surface area contributed by atoms with Crippen molar-refractivity contribution in [2.24, 2.45) is 0 Å². The van der Waals surface area contributed by atoms with Crippen LogP contribution in [0.15, 0.2) is 36.4 Å². The summed E-state index contributed by atoms with van der Waals surface area (Å²) in [6.07, 6.45) is 2.65. The van der Waals surface area contributed by atoms with E-state index in [0.717, 1.165) is 48.4 Å².